The molecule has 0 aliphatic rings. The number of hydrogen-bond donors (Lipinski definition) is 1. The number of aliphatic carboxylic acids is 1. The first kappa shape index (κ1) is 3.47. The lowest BCUT2D eigenvalue weighted by molar-refractivity contribution is -0.134. The van der Waals surface area contributed by atoms with Gasteiger partial charge in [-0.2, -0.15) is 0 Å². The molecule has 4 heavy (non-hydrogen) atoms. The summed E-state index contributed by atoms with van der Waals surface area (Å²) in [6.07, 6.45) is 0. The molecular formula is C2H4O2. The second-order valence-corrected chi connectivity index (χ2v) is 0.519. The zero-order chi connectivity index (χ0) is 3.58. The maximum Gasteiger partial charge on any atom is 0.300 e. The summed E-state index contributed by atoms with van der Waals surface area (Å²) in [7, 11) is 0. The summed E-state index contributed by atoms with van der Waals surface area (Å²) in [5.74, 6) is -0.833. The monoisotopic (exact) mass is 63.0 g/mol. The summed E-state index contributed by atoms with van der Waals surface area (Å²) in [5.41, 5.74) is 0. The largest absolute Gasteiger partial charge is 0.481 e. The summed E-state index contributed by atoms with van der Waals surface area (Å²) in [4.78, 5) is 9.00. The quantitative estimate of drug-likeness (QED) is 0.319. The van der Waals surface area contributed by atoms with E-state index in [1.807, 2.05) is 0 Å². The van der Waals surface area contributed by atoms with Crippen LogP contribution in [0.3, 0.4) is 0 Å². The second-order valence-electron chi connectivity index (χ2n) is 0.519. The molecule has 2 heteroatoms. The van der Waals surface area contributed by atoms with Crippen molar-refractivity contribution in [2.24, 2.45) is 0 Å². The molecule has 0 atom stereocenters. The van der Waals surface area contributed by atoms with Crippen LogP contribution in [-0.4, -0.2) is 11.1 Å². The first-order chi connectivity index (χ1) is 1.73. The van der Waals surface area contributed by atoms with E-state index >= 15 is 0 Å². The van der Waals surface area contributed by atoms with E-state index < -0.39 is 5.97 Å². The number of carboxylic acids is 1. The minimum atomic E-state index is -0.833. The standard InChI is InChI=1S/C2H4O2/c1-2(3)4/h1H3,(H,3,4)/i2+1,3+2. The van der Waals surface area contributed by atoms with Crippen molar-refractivity contribution in [3.8, 4) is 0 Å². The van der Waals surface area contributed by atoms with Gasteiger partial charge in [0.05, 0.1) is 0 Å². The molecule has 0 fully saturated rings. The molecule has 0 bridgehead atoms. The van der Waals surface area contributed by atoms with Crippen molar-refractivity contribution >= 4 is 5.97 Å². The van der Waals surface area contributed by atoms with Gasteiger partial charge < -0.3 is 5.11 Å². The summed E-state index contributed by atoms with van der Waals surface area (Å²) in [5, 5.41) is 7.42. The Labute approximate surface area is 24.1 Å². The Bertz CT molecular complexity index is 27.0. The average Bonchev–Trinajstić information content (AvgIpc) is 0.811. The van der Waals surface area contributed by atoms with E-state index in [4.69, 9.17) is 9.90 Å². The fourth-order valence-electron chi connectivity index (χ4n) is 0. The third-order valence-electron chi connectivity index (χ3n) is 0. The van der Waals surface area contributed by atoms with Crippen LogP contribution in [0.5, 0.6) is 0 Å². The average molecular weight is 63.0 g/mol. The predicted molar refractivity (Wildman–Crippen MR) is 13.3 cm³/mol. The smallest absolute Gasteiger partial charge is 0.300 e. The summed E-state index contributed by atoms with van der Waals surface area (Å²) >= 11 is 0. The predicted octanol–water partition coefficient (Wildman–Crippen LogP) is 0.0909. The Morgan fingerprint density at radius 1 is 2.00 bits per heavy atom. The number of carboxylic acid groups (broad SMARTS) is 1. The Morgan fingerprint density at radius 3 is 2.00 bits per heavy atom. The molecule has 2 nitrogen and oxygen atoms in total. The maximum atomic E-state index is 9.00. The highest BCUT2D eigenvalue weighted by atomic mass is 18.1. The molecule has 0 amide bonds. The van der Waals surface area contributed by atoms with Gasteiger partial charge in [0.15, 0.2) is 0 Å². The lowest BCUT2D eigenvalue weighted by Gasteiger charge is -1.59. The van der Waals surface area contributed by atoms with Crippen LogP contribution in [0.1, 0.15) is 6.92 Å². The first-order valence-corrected chi connectivity index (χ1v) is 0.928. The Morgan fingerprint density at radius 2 is 2.00 bits per heavy atom. The number of carbonyl (C=O) groups is 1. The first-order valence-electron chi connectivity index (χ1n) is 0.928. The fourth-order valence-corrected chi connectivity index (χ4v) is 0. The lowest BCUT2D eigenvalue weighted by atomic mass is 11.3. The van der Waals surface area contributed by atoms with Crippen molar-refractivity contribution in [3.05, 3.63) is 0 Å². The second kappa shape index (κ2) is 0.875. The molecule has 0 aliphatic heterocycles. The van der Waals surface area contributed by atoms with Gasteiger partial charge in [-0.1, -0.05) is 0 Å². The Kier molecular flexibility index (Phi) is 0.759. The zero-order valence-electron chi connectivity index (χ0n) is 2.36. The number of rotatable bonds is 0. The zero-order valence-corrected chi connectivity index (χ0v) is 2.36. The van der Waals surface area contributed by atoms with E-state index in [9.17, 15) is 0 Å². The van der Waals surface area contributed by atoms with Crippen LogP contribution in [0, 0.1) is 0 Å². The minimum Gasteiger partial charge on any atom is -0.481 e. The molecule has 0 aromatic carbocycles. The van der Waals surface area contributed by atoms with E-state index in [2.05, 4.69) is 0 Å². The van der Waals surface area contributed by atoms with Gasteiger partial charge in [-0.05, 0) is 0 Å². The van der Waals surface area contributed by atoms with E-state index in [0.717, 1.165) is 6.92 Å². The molecule has 0 spiro atoms. The summed E-state index contributed by atoms with van der Waals surface area (Å²) in [6.45, 7) is 1.08. The molecule has 0 saturated carbocycles. The van der Waals surface area contributed by atoms with Gasteiger partial charge in [0.1, 0.15) is 0 Å². The van der Waals surface area contributed by atoms with Crippen LogP contribution in [-0.2, 0) is 4.79 Å². The van der Waals surface area contributed by atoms with Crippen molar-refractivity contribution in [1.29, 1.82) is 0 Å². The van der Waals surface area contributed by atoms with Gasteiger partial charge in [-0.3, -0.25) is 4.79 Å². The maximum absolute atomic E-state index is 9.00. The molecule has 0 aromatic heterocycles. The highest BCUT2D eigenvalue weighted by Crippen LogP contribution is 1.42. The molecule has 0 heterocycles. The molecule has 0 aromatic rings. The SMILES string of the molecule is C[13C](O)=[18O]. The molecule has 0 aliphatic carbocycles. The molecule has 0 unspecified atom stereocenters. The third kappa shape index (κ3) is 1.16. The van der Waals surface area contributed by atoms with Crippen molar-refractivity contribution < 1.29 is 9.90 Å². The Hall–Kier alpha value is -0.530. The number of hydrogen-bond acceptors (Lipinski definition) is 1. The van der Waals surface area contributed by atoms with Crippen molar-refractivity contribution in [2.75, 3.05) is 0 Å². The van der Waals surface area contributed by atoms with Crippen molar-refractivity contribution in [2.45, 2.75) is 6.92 Å². The van der Waals surface area contributed by atoms with Crippen LogP contribution in [0.15, 0.2) is 0 Å². The van der Waals surface area contributed by atoms with Crippen LogP contribution in [0.25, 0.3) is 0 Å². The molecule has 0 saturated heterocycles. The third-order valence-corrected chi connectivity index (χ3v) is 0. The van der Waals surface area contributed by atoms with Gasteiger partial charge in [0.2, 0.25) is 0 Å². The van der Waals surface area contributed by atoms with Crippen LogP contribution in [0.2, 0.25) is 0 Å². The van der Waals surface area contributed by atoms with Gasteiger partial charge in [0, 0.05) is 6.92 Å². The fraction of sp³-hybridized carbons (Fsp3) is 0.500. The molecule has 24 valence electrons. The van der Waals surface area contributed by atoms with Gasteiger partial charge in [0.25, 0.3) is 5.97 Å². The molecular weight excluding hydrogens is 59.0 g/mol. The van der Waals surface area contributed by atoms with Crippen LogP contribution >= 0.6 is 0 Å². The van der Waals surface area contributed by atoms with E-state index in [1.54, 1.807) is 0 Å². The van der Waals surface area contributed by atoms with Crippen molar-refractivity contribution in [1.82, 2.24) is 0 Å². The normalized spacial score (nSPS) is 6.25. The summed E-state index contributed by atoms with van der Waals surface area (Å²) in [6, 6.07) is 0. The summed E-state index contributed by atoms with van der Waals surface area (Å²) < 4.78 is 0. The topological polar surface area (TPSA) is 37.3 Å². The Balaban J connectivity index is 2.80. The van der Waals surface area contributed by atoms with Gasteiger partial charge >= 0.3 is 0 Å². The lowest BCUT2D eigenvalue weighted by Crippen LogP contribution is -1.78. The highest BCUT2D eigenvalue weighted by molar-refractivity contribution is 5.62. The molecule has 1 N–H and O–H groups in total. The molecule has 0 radical (unpaired) electrons. The van der Waals surface area contributed by atoms with E-state index in [1.165, 1.54) is 0 Å². The van der Waals surface area contributed by atoms with E-state index in [-0.39, 0.29) is 0 Å². The van der Waals surface area contributed by atoms with Crippen LogP contribution < -0.4 is 0 Å². The van der Waals surface area contributed by atoms with E-state index in [0.29, 0.717) is 0 Å². The highest BCUT2D eigenvalue weighted by Gasteiger charge is 1.65. The van der Waals surface area contributed by atoms with Crippen molar-refractivity contribution in [3.63, 3.8) is 0 Å². The molecule has 0 rings (SSSR count). The van der Waals surface area contributed by atoms with Crippen LogP contribution in [0.4, 0.5) is 0 Å². The minimum absolute atomic E-state index is 0.833. The van der Waals surface area contributed by atoms with Gasteiger partial charge in [-0.25, -0.2) is 0 Å². The van der Waals surface area contributed by atoms with Gasteiger partial charge in [-0.15, -0.1) is 0 Å².